The zero-order valence-electron chi connectivity index (χ0n) is 12.1. The molecule has 0 saturated heterocycles. The van der Waals surface area contributed by atoms with Crippen LogP contribution in [-0.2, 0) is 4.79 Å². The third kappa shape index (κ3) is 3.72. The van der Waals surface area contributed by atoms with Gasteiger partial charge in [0.05, 0.1) is 12.1 Å². The van der Waals surface area contributed by atoms with Gasteiger partial charge in [0.1, 0.15) is 0 Å². The third-order valence-corrected chi connectivity index (χ3v) is 3.26. The van der Waals surface area contributed by atoms with Crippen LogP contribution in [0.25, 0.3) is 10.8 Å². The molecule has 0 saturated carbocycles. The predicted molar refractivity (Wildman–Crippen MR) is 82.6 cm³/mol. The number of hydrogen-bond donors (Lipinski definition) is 2. The van der Waals surface area contributed by atoms with E-state index in [4.69, 9.17) is 5.11 Å². The zero-order valence-corrected chi connectivity index (χ0v) is 12.1. The SMILES string of the molecule is Cc1cc(NC(=O)N(C)CCC(=O)O)c2ccccc2c1. The van der Waals surface area contributed by atoms with Crippen molar-refractivity contribution >= 4 is 28.5 Å². The van der Waals surface area contributed by atoms with Gasteiger partial charge in [-0.1, -0.05) is 30.3 Å². The van der Waals surface area contributed by atoms with Gasteiger partial charge in [0.15, 0.2) is 0 Å². The van der Waals surface area contributed by atoms with Crippen molar-refractivity contribution in [3.05, 3.63) is 42.0 Å². The number of aryl methyl sites for hydroxylation is 1. The van der Waals surface area contributed by atoms with Gasteiger partial charge in [-0.3, -0.25) is 4.79 Å². The van der Waals surface area contributed by atoms with E-state index in [0.29, 0.717) is 0 Å². The number of aliphatic carboxylic acids is 1. The molecule has 0 aromatic heterocycles. The number of nitrogens with one attached hydrogen (secondary N) is 1. The minimum Gasteiger partial charge on any atom is -0.481 e. The van der Waals surface area contributed by atoms with E-state index < -0.39 is 5.97 Å². The van der Waals surface area contributed by atoms with Crippen LogP contribution in [0.2, 0.25) is 0 Å². The molecular formula is C16H18N2O3. The summed E-state index contributed by atoms with van der Waals surface area (Å²) in [6.07, 6.45) is -0.0709. The monoisotopic (exact) mass is 286 g/mol. The number of carboxylic acid groups (broad SMARTS) is 1. The maximum Gasteiger partial charge on any atom is 0.321 e. The number of anilines is 1. The Morgan fingerprint density at radius 1 is 1.24 bits per heavy atom. The van der Waals surface area contributed by atoms with Gasteiger partial charge in [0, 0.05) is 19.0 Å². The molecule has 0 aliphatic carbocycles. The second-order valence-electron chi connectivity index (χ2n) is 5.03. The van der Waals surface area contributed by atoms with E-state index >= 15 is 0 Å². The van der Waals surface area contributed by atoms with E-state index in [1.165, 1.54) is 4.90 Å². The van der Waals surface area contributed by atoms with Crippen LogP contribution >= 0.6 is 0 Å². The average molecular weight is 286 g/mol. The molecule has 0 unspecified atom stereocenters. The maximum atomic E-state index is 12.1. The van der Waals surface area contributed by atoms with E-state index in [1.54, 1.807) is 7.05 Å². The molecule has 0 bridgehead atoms. The molecule has 2 aromatic rings. The molecule has 2 N–H and O–H groups in total. The summed E-state index contributed by atoms with van der Waals surface area (Å²) in [5, 5.41) is 13.5. The van der Waals surface area contributed by atoms with Crippen molar-refractivity contribution in [1.82, 2.24) is 4.90 Å². The van der Waals surface area contributed by atoms with Crippen molar-refractivity contribution in [3.63, 3.8) is 0 Å². The third-order valence-electron chi connectivity index (χ3n) is 3.26. The average Bonchev–Trinajstić information content (AvgIpc) is 2.44. The molecule has 2 rings (SSSR count). The standard InChI is InChI=1S/C16H18N2O3/c1-11-9-12-5-3-4-6-13(12)14(10-11)17-16(21)18(2)8-7-15(19)20/h3-6,9-10H,7-8H2,1-2H3,(H,17,21)(H,19,20). The van der Waals surface area contributed by atoms with Crippen molar-refractivity contribution < 1.29 is 14.7 Å². The molecule has 0 aliphatic heterocycles. The molecule has 0 aliphatic rings. The Kier molecular flexibility index (Phi) is 4.42. The van der Waals surface area contributed by atoms with Crippen LogP contribution in [0.3, 0.4) is 0 Å². The van der Waals surface area contributed by atoms with E-state index in [1.807, 2.05) is 37.3 Å². The Labute approximate surface area is 123 Å². The van der Waals surface area contributed by atoms with Gasteiger partial charge in [-0.2, -0.15) is 0 Å². The highest BCUT2D eigenvalue weighted by atomic mass is 16.4. The fraction of sp³-hybridized carbons (Fsp3) is 0.250. The second kappa shape index (κ2) is 6.26. The van der Waals surface area contributed by atoms with E-state index in [0.717, 1.165) is 22.0 Å². The first kappa shape index (κ1) is 14.8. The topological polar surface area (TPSA) is 69.6 Å². The van der Waals surface area contributed by atoms with Crippen molar-refractivity contribution in [2.24, 2.45) is 0 Å². The lowest BCUT2D eigenvalue weighted by molar-refractivity contribution is -0.137. The second-order valence-corrected chi connectivity index (χ2v) is 5.03. The summed E-state index contributed by atoms with van der Waals surface area (Å²) in [5.74, 6) is -0.921. The first-order chi connectivity index (χ1) is 9.97. The van der Waals surface area contributed by atoms with Crippen molar-refractivity contribution in [1.29, 1.82) is 0 Å². The van der Waals surface area contributed by atoms with Gasteiger partial charge in [-0.25, -0.2) is 4.79 Å². The van der Waals surface area contributed by atoms with Crippen LogP contribution in [0, 0.1) is 6.92 Å². The fourth-order valence-corrected chi connectivity index (χ4v) is 2.14. The Balaban J connectivity index is 2.19. The fourth-order valence-electron chi connectivity index (χ4n) is 2.14. The molecule has 5 nitrogen and oxygen atoms in total. The predicted octanol–water partition coefficient (Wildman–Crippen LogP) is 3.09. The lowest BCUT2D eigenvalue weighted by atomic mass is 10.1. The van der Waals surface area contributed by atoms with Crippen LogP contribution in [-0.4, -0.2) is 35.6 Å². The number of carbonyl (C=O) groups excluding carboxylic acids is 1. The van der Waals surface area contributed by atoms with Crippen LogP contribution in [0.4, 0.5) is 10.5 Å². The van der Waals surface area contributed by atoms with Crippen molar-refractivity contribution in [2.75, 3.05) is 18.9 Å². The summed E-state index contributed by atoms with van der Waals surface area (Å²) in [5.41, 5.74) is 1.79. The van der Waals surface area contributed by atoms with Crippen LogP contribution in [0.5, 0.6) is 0 Å². The van der Waals surface area contributed by atoms with Gasteiger partial charge in [-0.05, 0) is 23.9 Å². The molecule has 0 fully saturated rings. The molecule has 110 valence electrons. The van der Waals surface area contributed by atoms with Crippen LogP contribution in [0.1, 0.15) is 12.0 Å². The first-order valence-corrected chi connectivity index (χ1v) is 6.70. The highest BCUT2D eigenvalue weighted by Gasteiger charge is 2.12. The summed E-state index contributed by atoms with van der Waals surface area (Å²) in [6, 6.07) is 11.5. The molecule has 5 heteroatoms. The smallest absolute Gasteiger partial charge is 0.321 e. The van der Waals surface area contributed by atoms with Crippen LogP contribution in [0.15, 0.2) is 36.4 Å². The number of rotatable bonds is 4. The quantitative estimate of drug-likeness (QED) is 0.907. The highest BCUT2D eigenvalue weighted by molar-refractivity contribution is 6.02. The van der Waals surface area contributed by atoms with Gasteiger partial charge in [0.25, 0.3) is 0 Å². The zero-order chi connectivity index (χ0) is 15.4. The number of urea groups is 1. The van der Waals surface area contributed by atoms with Gasteiger partial charge >= 0.3 is 12.0 Å². The van der Waals surface area contributed by atoms with Crippen molar-refractivity contribution in [3.8, 4) is 0 Å². The van der Waals surface area contributed by atoms with E-state index in [9.17, 15) is 9.59 Å². The lowest BCUT2D eigenvalue weighted by Crippen LogP contribution is -2.33. The molecular weight excluding hydrogens is 268 g/mol. The largest absolute Gasteiger partial charge is 0.481 e. The minimum absolute atomic E-state index is 0.0709. The Morgan fingerprint density at radius 3 is 2.67 bits per heavy atom. The summed E-state index contributed by atoms with van der Waals surface area (Å²) in [4.78, 5) is 24.0. The Bertz CT molecular complexity index is 682. The summed E-state index contributed by atoms with van der Waals surface area (Å²) < 4.78 is 0. The molecule has 0 heterocycles. The summed E-state index contributed by atoms with van der Waals surface area (Å²) in [7, 11) is 1.58. The number of amides is 2. The van der Waals surface area contributed by atoms with Gasteiger partial charge < -0.3 is 15.3 Å². The number of benzene rings is 2. The summed E-state index contributed by atoms with van der Waals surface area (Å²) in [6.45, 7) is 2.14. The normalized spacial score (nSPS) is 10.4. The maximum absolute atomic E-state index is 12.1. The molecule has 2 amide bonds. The molecule has 0 spiro atoms. The molecule has 21 heavy (non-hydrogen) atoms. The molecule has 0 atom stereocenters. The number of fused-ring (bicyclic) bond motifs is 1. The lowest BCUT2D eigenvalue weighted by Gasteiger charge is -2.18. The number of nitrogens with zero attached hydrogens (tertiary/aromatic N) is 1. The summed E-state index contributed by atoms with van der Waals surface area (Å²) >= 11 is 0. The Morgan fingerprint density at radius 2 is 1.95 bits per heavy atom. The first-order valence-electron chi connectivity index (χ1n) is 6.70. The number of carbonyl (C=O) groups is 2. The Hall–Kier alpha value is -2.56. The van der Waals surface area contributed by atoms with Crippen molar-refractivity contribution in [2.45, 2.75) is 13.3 Å². The van der Waals surface area contributed by atoms with E-state index in [-0.39, 0.29) is 19.0 Å². The highest BCUT2D eigenvalue weighted by Crippen LogP contribution is 2.25. The van der Waals surface area contributed by atoms with Gasteiger partial charge in [0.2, 0.25) is 0 Å². The number of carboxylic acids is 1. The van der Waals surface area contributed by atoms with Gasteiger partial charge in [-0.15, -0.1) is 0 Å². The van der Waals surface area contributed by atoms with Crippen LogP contribution < -0.4 is 5.32 Å². The number of hydrogen-bond acceptors (Lipinski definition) is 2. The molecule has 0 radical (unpaired) electrons. The molecule has 2 aromatic carbocycles. The minimum atomic E-state index is -0.921. The van der Waals surface area contributed by atoms with E-state index in [2.05, 4.69) is 11.4 Å².